The molecule has 0 aromatic heterocycles. The summed E-state index contributed by atoms with van der Waals surface area (Å²) in [5, 5.41) is 11.0. The first-order valence-corrected chi connectivity index (χ1v) is 10.1. The molecule has 0 aliphatic carbocycles. The molecule has 0 spiro atoms. The number of nitrogens with zero attached hydrogens (tertiary/aromatic N) is 1. The Morgan fingerprint density at radius 3 is 2.40 bits per heavy atom. The van der Waals surface area contributed by atoms with E-state index in [2.05, 4.69) is 0 Å². The number of ether oxygens (including phenoxy) is 1. The second-order valence-corrected chi connectivity index (χ2v) is 7.48. The maximum Gasteiger partial charge on any atom is 0.295 e. The highest BCUT2D eigenvalue weighted by Gasteiger charge is 2.46. The third-order valence-electron chi connectivity index (χ3n) is 5.16. The van der Waals surface area contributed by atoms with Gasteiger partial charge in [-0.1, -0.05) is 49.4 Å². The van der Waals surface area contributed by atoms with Gasteiger partial charge in [-0.15, -0.1) is 0 Å². The molecule has 3 rings (SSSR count). The van der Waals surface area contributed by atoms with E-state index in [1.807, 2.05) is 32.9 Å². The lowest BCUT2D eigenvalue weighted by Gasteiger charge is -2.26. The SMILES string of the molecule is CCc1ccc(/C(O)=C2/C(=O)C(=O)N(CCOC(C)C)C2c2ccccc2F)cc1. The average molecular weight is 411 g/mol. The Labute approximate surface area is 175 Å². The van der Waals surface area contributed by atoms with Crippen LogP contribution in [-0.4, -0.2) is 41.0 Å². The standard InChI is InChI=1S/C24H26FNO4/c1-4-16-9-11-17(12-10-16)22(27)20-21(18-7-5-6-8-19(18)25)26(24(29)23(20)28)13-14-30-15(2)3/h5-12,15,21,27H,4,13-14H2,1-3H3/b22-20-. The minimum Gasteiger partial charge on any atom is -0.507 e. The predicted octanol–water partition coefficient (Wildman–Crippen LogP) is 4.23. The van der Waals surface area contributed by atoms with Crippen LogP contribution in [0.3, 0.4) is 0 Å². The highest BCUT2D eigenvalue weighted by Crippen LogP contribution is 2.40. The number of likely N-dealkylation sites (tertiary alicyclic amines) is 1. The third kappa shape index (κ3) is 4.28. The van der Waals surface area contributed by atoms with Crippen LogP contribution in [0.5, 0.6) is 0 Å². The van der Waals surface area contributed by atoms with E-state index >= 15 is 0 Å². The van der Waals surface area contributed by atoms with Gasteiger partial charge in [0.05, 0.1) is 24.3 Å². The zero-order chi connectivity index (χ0) is 21.8. The van der Waals surface area contributed by atoms with Crippen molar-refractivity contribution in [1.82, 2.24) is 4.90 Å². The lowest BCUT2D eigenvalue weighted by molar-refractivity contribution is -0.140. The number of amides is 1. The van der Waals surface area contributed by atoms with Crippen molar-refractivity contribution < 1.29 is 23.8 Å². The van der Waals surface area contributed by atoms with E-state index in [9.17, 15) is 19.1 Å². The molecule has 0 saturated carbocycles. The Morgan fingerprint density at radius 2 is 1.80 bits per heavy atom. The molecule has 1 fully saturated rings. The Bertz CT molecular complexity index is 965. The van der Waals surface area contributed by atoms with E-state index in [0.717, 1.165) is 12.0 Å². The maximum absolute atomic E-state index is 14.7. The van der Waals surface area contributed by atoms with E-state index < -0.39 is 23.5 Å². The first kappa shape index (κ1) is 21.7. The van der Waals surface area contributed by atoms with Crippen molar-refractivity contribution in [3.63, 3.8) is 0 Å². The fraction of sp³-hybridized carbons (Fsp3) is 0.333. The number of carbonyl (C=O) groups is 2. The van der Waals surface area contributed by atoms with Crippen molar-refractivity contribution in [1.29, 1.82) is 0 Å². The number of aliphatic hydroxyl groups excluding tert-OH is 1. The highest BCUT2D eigenvalue weighted by atomic mass is 19.1. The van der Waals surface area contributed by atoms with Crippen molar-refractivity contribution in [2.45, 2.75) is 39.3 Å². The van der Waals surface area contributed by atoms with Gasteiger partial charge in [0.2, 0.25) is 0 Å². The van der Waals surface area contributed by atoms with Crippen LogP contribution >= 0.6 is 0 Å². The zero-order valence-electron chi connectivity index (χ0n) is 17.4. The van der Waals surface area contributed by atoms with Crippen LogP contribution in [0.15, 0.2) is 54.1 Å². The molecule has 6 heteroatoms. The Hall–Kier alpha value is -2.99. The quantitative estimate of drug-likeness (QED) is 0.421. The van der Waals surface area contributed by atoms with E-state index in [1.54, 1.807) is 18.2 Å². The first-order chi connectivity index (χ1) is 14.3. The molecular weight excluding hydrogens is 385 g/mol. The Morgan fingerprint density at radius 1 is 1.13 bits per heavy atom. The minimum atomic E-state index is -1.02. The maximum atomic E-state index is 14.7. The topological polar surface area (TPSA) is 66.8 Å². The zero-order valence-corrected chi connectivity index (χ0v) is 17.4. The van der Waals surface area contributed by atoms with Crippen molar-refractivity contribution in [3.8, 4) is 0 Å². The van der Waals surface area contributed by atoms with Gasteiger partial charge in [0, 0.05) is 17.7 Å². The highest BCUT2D eigenvalue weighted by molar-refractivity contribution is 6.46. The molecule has 2 aromatic rings. The molecule has 0 radical (unpaired) electrons. The number of hydrogen-bond donors (Lipinski definition) is 1. The minimum absolute atomic E-state index is 0.0502. The molecule has 1 amide bonds. The van der Waals surface area contributed by atoms with Gasteiger partial charge in [0.25, 0.3) is 11.7 Å². The summed E-state index contributed by atoms with van der Waals surface area (Å²) in [6.07, 6.45) is 0.780. The van der Waals surface area contributed by atoms with E-state index in [4.69, 9.17) is 4.74 Å². The van der Waals surface area contributed by atoms with Gasteiger partial charge >= 0.3 is 0 Å². The summed E-state index contributed by atoms with van der Waals surface area (Å²) >= 11 is 0. The second kappa shape index (κ2) is 9.22. The Balaban J connectivity index is 2.09. The van der Waals surface area contributed by atoms with Gasteiger partial charge < -0.3 is 14.7 Å². The third-order valence-corrected chi connectivity index (χ3v) is 5.16. The molecule has 1 N–H and O–H groups in total. The molecule has 1 saturated heterocycles. The summed E-state index contributed by atoms with van der Waals surface area (Å²) in [6, 6.07) is 12.0. The molecule has 1 aliphatic heterocycles. The first-order valence-electron chi connectivity index (χ1n) is 10.1. The lowest BCUT2D eigenvalue weighted by Crippen LogP contribution is -2.33. The van der Waals surface area contributed by atoms with Crippen LogP contribution in [0.1, 0.15) is 43.5 Å². The van der Waals surface area contributed by atoms with Gasteiger partial charge in [0.15, 0.2) is 0 Å². The van der Waals surface area contributed by atoms with Crippen LogP contribution < -0.4 is 0 Å². The summed E-state index contributed by atoms with van der Waals surface area (Å²) in [5.41, 5.74) is 1.53. The summed E-state index contributed by atoms with van der Waals surface area (Å²) in [4.78, 5) is 26.9. The van der Waals surface area contributed by atoms with Crippen LogP contribution in [0, 0.1) is 5.82 Å². The largest absolute Gasteiger partial charge is 0.507 e. The molecule has 1 atom stereocenters. The van der Waals surface area contributed by atoms with Gasteiger partial charge in [-0.3, -0.25) is 9.59 Å². The van der Waals surface area contributed by atoms with Crippen LogP contribution in [0.2, 0.25) is 0 Å². The number of hydrogen-bond acceptors (Lipinski definition) is 4. The Kier molecular flexibility index (Phi) is 6.67. The fourth-order valence-electron chi connectivity index (χ4n) is 3.57. The number of carbonyl (C=O) groups excluding carboxylic acids is 2. The summed E-state index contributed by atoms with van der Waals surface area (Å²) in [5.74, 6) is -2.46. The summed E-state index contributed by atoms with van der Waals surface area (Å²) in [6.45, 7) is 6.04. The normalized spacial score (nSPS) is 18.4. The number of Topliss-reactive ketones (excluding diaryl/α,β-unsaturated/α-hetero) is 1. The van der Waals surface area contributed by atoms with Crippen molar-refractivity contribution >= 4 is 17.4 Å². The number of ketones is 1. The lowest BCUT2D eigenvalue weighted by atomic mass is 9.94. The van der Waals surface area contributed by atoms with E-state index in [-0.39, 0.29) is 36.2 Å². The van der Waals surface area contributed by atoms with Gasteiger partial charge in [-0.05, 0) is 31.9 Å². The van der Waals surface area contributed by atoms with Crippen molar-refractivity contribution in [2.24, 2.45) is 0 Å². The molecule has 0 bridgehead atoms. The number of halogens is 1. The summed E-state index contributed by atoms with van der Waals surface area (Å²) in [7, 11) is 0. The molecule has 2 aromatic carbocycles. The van der Waals surface area contributed by atoms with Crippen LogP contribution in [0.25, 0.3) is 5.76 Å². The van der Waals surface area contributed by atoms with Crippen LogP contribution in [-0.2, 0) is 20.7 Å². The van der Waals surface area contributed by atoms with Crippen LogP contribution in [0.4, 0.5) is 4.39 Å². The fourth-order valence-corrected chi connectivity index (χ4v) is 3.57. The molecule has 30 heavy (non-hydrogen) atoms. The molecule has 158 valence electrons. The smallest absolute Gasteiger partial charge is 0.295 e. The number of rotatable bonds is 7. The number of benzene rings is 2. The monoisotopic (exact) mass is 411 g/mol. The second-order valence-electron chi connectivity index (χ2n) is 7.48. The summed E-state index contributed by atoms with van der Waals surface area (Å²) < 4.78 is 20.2. The molecular formula is C24H26FNO4. The van der Waals surface area contributed by atoms with Gasteiger partial charge in [-0.2, -0.15) is 0 Å². The molecule has 1 unspecified atom stereocenters. The van der Waals surface area contributed by atoms with Crippen molar-refractivity contribution in [2.75, 3.05) is 13.2 Å². The number of aryl methyl sites for hydroxylation is 1. The average Bonchev–Trinajstić information content (AvgIpc) is 2.98. The van der Waals surface area contributed by atoms with Crippen molar-refractivity contribution in [3.05, 3.63) is 76.6 Å². The number of aliphatic hydroxyl groups is 1. The van der Waals surface area contributed by atoms with Gasteiger partial charge in [-0.25, -0.2) is 4.39 Å². The van der Waals surface area contributed by atoms with E-state index in [0.29, 0.717) is 5.56 Å². The molecule has 1 heterocycles. The predicted molar refractivity (Wildman–Crippen MR) is 112 cm³/mol. The molecule has 5 nitrogen and oxygen atoms in total. The van der Waals surface area contributed by atoms with Gasteiger partial charge in [0.1, 0.15) is 11.6 Å². The molecule has 1 aliphatic rings. The van der Waals surface area contributed by atoms with E-state index in [1.165, 1.54) is 23.1 Å².